The Morgan fingerprint density at radius 1 is 1.04 bits per heavy atom. The molecule has 7 nitrogen and oxygen atoms in total. The van der Waals surface area contributed by atoms with Crippen LogP contribution in [0.25, 0.3) is 0 Å². The summed E-state index contributed by atoms with van der Waals surface area (Å²) >= 11 is 0. The number of hydrogen-bond acceptors (Lipinski definition) is 5. The summed E-state index contributed by atoms with van der Waals surface area (Å²) in [5.74, 6) is -1.16. The van der Waals surface area contributed by atoms with E-state index in [4.69, 9.17) is 4.74 Å². The lowest BCUT2D eigenvalue weighted by molar-refractivity contribution is -0.123. The fraction of sp³-hybridized carbons (Fsp3) is 0.300. The minimum atomic E-state index is -3.62. The first-order valence-electron chi connectivity index (χ1n) is 8.64. The molecule has 0 aliphatic rings. The first kappa shape index (κ1) is 21.6. The Labute approximate surface area is 165 Å². The van der Waals surface area contributed by atoms with Crippen molar-refractivity contribution in [1.82, 2.24) is 4.31 Å². The molecule has 0 saturated heterocycles. The lowest BCUT2D eigenvalue weighted by Gasteiger charge is -2.15. The molecule has 150 valence electrons. The Balaban J connectivity index is 2.08. The highest BCUT2D eigenvalue weighted by Gasteiger charge is 2.21. The van der Waals surface area contributed by atoms with Gasteiger partial charge in [-0.2, -0.15) is 0 Å². The molecular weight excluding hydrogens is 380 g/mol. The van der Waals surface area contributed by atoms with Crippen molar-refractivity contribution in [3.63, 3.8) is 0 Å². The number of carbonyl (C=O) groups is 2. The van der Waals surface area contributed by atoms with Crippen LogP contribution in [-0.4, -0.2) is 44.8 Å². The van der Waals surface area contributed by atoms with Crippen molar-refractivity contribution in [2.75, 3.05) is 19.4 Å². The van der Waals surface area contributed by atoms with Crippen LogP contribution in [0, 0.1) is 13.8 Å². The molecule has 0 heterocycles. The number of ether oxygens (including phenoxy) is 1. The van der Waals surface area contributed by atoms with Crippen LogP contribution in [0.2, 0.25) is 0 Å². The van der Waals surface area contributed by atoms with Crippen molar-refractivity contribution in [2.24, 2.45) is 0 Å². The second-order valence-electron chi connectivity index (χ2n) is 6.65. The highest BCUT2D eigenvalue weighted by atomic mass is 32.2. The van der Waals surface area contributed by atoms with Gasteiger partial charge in [0.15, 0.2) is 6.10 Å². The second-order valence-corrected chi connectivity index (χ2v) is 8.80. The van der Waals surface area contributed by atoms with Crippen LogP contribution in [0.3, 0.4) is 0 Å². The molecular formula is C20H24N2O5S. The molecule has 1 N–H and O–H groups in total. The third-order valence-electron chi connectivity index (χ3n) is 4.28. The summed E-state index contributed by atoms with van der Waals surface area (Å²) in [7, 11) is -0.770. The second kappa shape index (κ2) is 8.53. The van der Waals surface area contributed by atoms with Crippen molar-refractivity contribution in [3.8, 4) is 0 Å². The van der Waals surface area contributed by atoms with Crippen molar-refractivity contribution in [3.05, 3.63) is 59.2 Å². The van der Waals surface area contributed by atoms with E-state index < -0.39 is 28.0 Å². The summed E-state index contributed by atoms with van der Waals surface area (Å²) in [6.45, 7) is 5.27. The first-order chi connectivity index (χ1) is 13.0. The topological polar surface area (TPSA) is 92.8 Å². The molecule has 0 bridgehead atoms. The fourth-order valence-corrected chi connectivity index (χ4v) is 3.29. The zero-order valence-electron chi connectivity index (χ0n) is 16.5. The van der Waals surface area contributed by atoms with Gasteiger partial charge in [0.25, 0.3) is 5.91 Å². The molecule has 1 atom stereocenters. The number of hydrogen-bond donors (Lipinski definition) is 1. The molecule has 1 amide bonds. The Morgan fingerprint density at radius 2 is 1.71 bits per heavy atom. The van der Waals surface area contributed by atoms with Gasteiger partial charge in [-0.05, 0) is 62.2 Å². The van der Waals surface area contributed by atoms with Crippen LogP contribution in [0.15, 0.2) is 47.4 Å². The van der Waals surface area contributed by atoms with Gasteiger partial charge in [0.1, 0.15) is 0 Å². The summed E-state index contributed by atoms with van der Waals surface area (Å²) < 4.78 is 30.7. The molecule has 0 aliphatic heterocycles. The van der Waals surface area contributed by atoms with E-state index in [1.54, 1.807) is 18.2 Å². The number of benzene rings is 2. The average Bonchev–Trinajstić information content (AvgIpc) is 2.63. The molecule has 28 heavy (non-hydrogen) atoms. The highest BCUT2D eigenvalue weighted by molar-refractivity contribution is 7.89. The average molecular weight is 404 g/mol. The molecule has 2 aromatic carbocycles. The lowest BCUT2D eigenvalue weighted by Crippen LogP contribution is -2.30. The van der Waals surface area contributed by atoms with Crippen LogP contribution >= 0.6 is 0 Å². The fourth-order valence-electron chi connectivity index (χ4n) is 2.34. The minimum Gasteiger partial charge on any atom is -0.449 e. The van der Waals surface area contributed by atoms with Crippen LogP contribution in [0.5, 0.6) is 0 Å². The van der Waals surface area contributed by atoms with E-state index >= 15 is 0 Å². The monoisotopic (exact) mass is 404 g/mol. The molecule has 0 fully saturated rings. The Hall–Kier alpha value is -2.71. The quantitative estimate of drug-likeness (QED) is 0.748. The molecule has 0 radical (unpaired) electrons. The summed E-state index contributed by atoms with van der Waals surface area (Å²) in [6, 6.07) is 11.0. The zero-order chi connectivity index (χ0) is 21.1. The van der Waals surface area contributed by atoms with E-state index in [1.807, 2.05) is 19.9 Å². The van der Waals surface area contributed by atoms with Crippen molar-refractivity contribution in [2.45, 2.75) is 31.8 Å². The Bertz CT molecular complexity index is 999. The van der Waals surface area contributed by atoms with E-state index in [9.17, 15) is 18.0 Å². The van der Waals surface area contributed by atoms with Gasteiger partial charge in [0.2, 0.25) is 10.0 Å². The zero-order valence-corrected chi connectivity index (χ0v) is 17.3. The van der Waals surface area contributed by atoms with Gasteiger partial charge in [-0.3, -0.25) is 4.79 Å². The highest BCUT2D eigenvalue weighted by Crippen LogP contribution is 2.18. The van der Waals surface area contributed by atoms with Crippen molar-refractivity contribution < 1.29 is 22.7 Å². The van der Waals surface area contributed by atoms with E-state index in [2.05, 4.69) is 5.32 Å². The normalized spacial score (nSPS) is 12.5. The maximum absolute atomic E-state index is 12.3. The third-order valence-corrected chi connectivity index (χ3v) is 6.09. The number of rotatable bonds is 6. The smallest absolute Gasteiger partial charge is 0.338 e. The van der Waals surface area contributed by atoms with Gasteiger partial charge in [0.05, 0.1) is 10.5 Å². The summed E-state index contributed by atoms with van der Waals surface area (Å²) in [4.78, 5) is 24.6. The van der Waals surface area contributed by atoms with E-state index in [0.29, 0.717) is 11.3 Å². The van der Waals surface area contributed by atoms with Crippen LogP contribution in [0.4, 0.5) is 5.69 Å². The maximum atomic E-state index is 12.3. The summed E-state index contributed by atoms with van der Waals surface area (Å²) in [5.41, 5.74) is 2.66. The number of anilines is 1. The molecule has 2 aromatic rings. The Kier molecular flexibility index (Phi) is 6.58. The number of carbonyl (C=O) groups excluding carboxylic acids is 2. The van der Waals surface area contributed by atoms with Crippen LogP contribution in [0.1, 0.15) is 28.4 Å². The number of amides is 1. The molecule has 0 unspecified atom stereocenters. The first-order valence-corrected chi connectivity index (χ1v) is 10.1. The van der Waals surface area contributed by atoms with Gasteiger partial charge in [0, 0.05) is 19.8 Å². The maximum Gasteiger partial charge on any atom is 0.338 e. The van der Waals surface area contributed by atoms with Gasteiger partial charge < -0.3 is 10.1 Å². The van der Waals surface area contributed by atoms with Crippen LogP contribution < -0.4 is 5.32 Å². The summed E-state index contributed by atoms with van der Waals surface area (Å²) in [6.07, 6.45) is -1.05. The standard InChI is InChI=1S/C20H24N2O5S/c1-13-9-10-16(11-14(13)2)20(24)27-15(3)19(23)21-17-7-6-8-18(12-17)28(25,26)22(4)5/h6-12,15H,1-5H3,(H,21,23)/t15-/m1/s1. The summed E-state index contributed by atoms with van der Waals surface area (Å²) in [5, 5.41) is 2.57. The molecule has 2 rings (SSSR count). The predicted octanol–water partition coefficient (Wildman–Crippen LogP) is 2.74. The predicted molar refractivity (Wildman–Crippen MR) is 107 cm³/mol. The molecule has 0 aliphatic carbocycles. The van der Waals surface area contributed by atoms with Gasteiger partial charge in [-0.15, -0.1) is 0 Å². The molecule has 0 saturated carbocycles. The lowest BCUT2D eigenvalue weighted by atomic mass is 10.1. The third kappa shape index (κ3) is 4.96. The molecule has 0 aromatic heterocycles. The number of nitrogens with one attached hydrogen (secondary N) is 1. The van der Waals surface area contributed by atoms with Crippen LogP contribution in [-0.2, 0) is 19.6 Å². The number of nitrogens with zero attached hydrogens (tertiary/aromatic N) is 1. The SMILES string of the molecule is Cc1ccc(C(=O)O[C@H](C)C(=O)Nc2cccc(S(=O)(=O)N(C)C)c2)cc1C. The van der Waals surface area contributed by atoms with Gasteiger partial charge >= 0.3 is 5.97 Å². The van der Waals surface area contributed by atoms with Crippen molar-refractivity contribution in [1.29, 1.82) is 0 Å². The molecule has 0 spiro atoms. The van der Waals surface area contributed by atoms with Gasteiger partial charge in [-0.1, -0.05) is 12.1 Å². The minimum absolute atomic E-state index is 0.0510. The van der Waals surface area contributed by atoms with Gasteiger partial charge in [-0.25, -0.2) is 17.5 Å². The Morgan fingerprint density at radius 3 is 2.32 bits per heavy atom. The number of esters is 1. The largest absolute Gasteiger partial charge is 0.449 e. The van der Waals surface area contributed by atoms with Crippen molar-refractivity contribution >= 4 is 27.6 Å². The molecule has 8 heteroatoms. The number of aryl methyl sites for hydroxylation is 2. The van der Waals surface area contributed by atoms with E-state index in [-0.39, 0.29) is 4.90 Å². The number of sulfonamides is 1. The van der Waals surface area contributed by atoms with E-state index in [1.165, 1.54) is 39.2 Å². The van der Waals surface area contributed by atoms with E-state index in [0.717, 1.165) is 15.4 Å².